The molecule has 7 heteroatoms. The lowest BCUT2D eigenvalue weighted by molar-refractivity contribution is 0.0945. The Morgan fingerprint density at radius 1 is 1.12 bits per heavy atom. The van der Waals surface area contributed by atoms with Crippen LogP contribution >= 0.6 is 0 Å². The van der Waals surface area contributed by atoms with Gasteiger partial charge in [0, 0.05) is 32.4 Å². The van der Waals surface area contributed by atoms with Crippen LogP contribution in [0, 0.1) is 0 Å². The van der Waals surface area contributed by atoms with Gasteiger partial charge in [-0.3, -0.25) is 4.79 Å². The van der Waals surface area contributed by atoms with Crippen molar-refractivity contribution >= 4 is 11.7 Å². The van der Waals surface area contributed by atoms with E-state index in [1.54, 1.807) is 23.0 Å². The summed E-state index contributed by atoms with van der Waals surface area (Å²) in [5, 5.41) is 15.1. The van der Waals surface area contributed by atoms with Gasteiger partial charge >= 0.3 is 0 Å². The van der Waals surface area contributed by atoms with E-state index in [4.69, 9.17) is 0 Å². The molecule has 0 atom stereocenters. The number of nitrogens with zero attached hydrogens (tertiary/aromatic N) is 5. The van der Waals surface area contributed by atoms with Crippen molar-refractivity contribution in [3.63, 3.8) is 0 Å². The molecule has 1 amide bonds. The summed E-state index contributed by atoms with van der Waals surface area (Å²) in [4.78, 5) is 13.9. The molecule has 0 aliphatic carbocycles. The summed E-state index contributed by atoms with van der Waals surface area (Å²) >= 11 is 0. The fraction of sp³-hybridized carbons (Fsp3) is 0.176. The van der Waals surface area contributed by atoms with Crippen LogP contribution in [0.5, 0.6) is 0 Å². The standard InChI is InChI=1S/C17H18N6O/c1-22(2)16-9-8-15(20-21-16)17(24)18-10-13-11-19-23(12-13)14-6-4-3-5-7-14/h3-9,11-12H,10H2,1-2H3,(H,18,24). The molecular formula is C17H18N6O. The zero-order valence-electron chi connectivity index (χ0n) is 13.5. The third-order valence-electron chi connectivity index (χ3n) is 3.45. The molecule has 0 unspecified atom stereocenters. The van der Waals surface area contributed by atoms with Crippen LogP contribution in [0.15, 0.2) is 54.9 Å². The molecule has 3 aromatic rings. The Morgan fingerprint density at radius 2 is 1.92 bits per heavy atom. The fourth-order valence-electron chi connectivity index (χ4n) is 2.13. The Bertz CT molecular complexity index is 811. The first-order valence-corrected chi connectivity index (χ1v) is 7.52. The minimum Gasteiger partial charge on any atom is -0.361 e. The second-order valence-corrected chi connectivity index (χ2v) is 5.48. The summed E-state index contributed by atoms with van der Waals surface area (Å²) in [6, 6.07) is 13.2. The van der Waals surface area contributed by atoms with E-state index in [2.05, 4.69) is 20.6 Å². The number of nitrogens with one attached hydrogen (secondary N) is 1. The van der Waals surface area contributed by atoms with E-state index in [0.717, 1.165) is 11.3 Å². The molecule has 0 aliphatic rings. The second kappa shape index (κ2) is 6.91. The molecule has 2 heterocycles. The number of carbonyl (C=O) groups is 1. The van der Waals surface area contributed by atoms with Gasteiger partial charge in [0.15, 0.2) is 11.5 Å². The zero-order chi connectivity index (χ0) is 16.9. The second-order valence-electron chi connectivity index (χ2n) is 5.48. The van der Waals surface area contributed by atoms with Gasteiger partial charge in [0.1, 0.15) is 0 Å². The highest BCUT2D eigenvalue weighted by atomic mass is 16.1. The molecule has 2 aromatic heterocycles. The molecule has 1 aromatic carbocycles. The molecule has 0 aliphatic heterocycles. The molecule has 0 spiro atoms. The average Bonchev–Trinajstić information content (AvgIpc) is 3.09. The van der Waals surface area contributed by atoms with E-state index >= 15 is 0 Å². The lowest BCUT2D eigenvalue weighted by Crippen LogP contribution is -2.24. The number of hydrogen-bond donors (Lipinski definition) is 1. The monoisotopic (exact) mass is 322 g/mol. The summed E-state index contributed by atoms with van der Waals surface area (Å²) in [5.74, 6) is 0.441. The van der Waals surface area contributed by atoms with Gasteiger partial charge in [-0.2, -0.15) is 5.10 Å². The van der Waals surface area contributed by atoms with Crippen molar-refractivity contribution in [2.45, 2.75) is 6.54 Å². The highest BCUT2D eigenvalue weighted by Gasteiger charge is 2.09. The number of hydrogen-bond acceptors (Lipinski definition) is 5. The van der Waals surface area contributed by atoms with Gasteiger partial charge in [-0.05, 0) is 24.3 Å². The molecule has 24 heavy (non-hydrogen) atoms. The molecule has 0 saturated carbocycles. The average molecular weight is 322 g/mol. The maximum Gasteiger partial charge on any atom is 0.272 e. The number of aromatic nitrogens is 4. The van der Waals surface area contributed by atoms with Crippen molar-refractivity contribution in [2.75, 3.05) is 19.0 Å². The highest BCUT2D eigenvalue weighted by molar-refractivity contribution is 5.92. The third-order valence-corrected chi connectivity index (χ3v) is 3.45. The quantitative estimate of drug-likeness (QED) is 0.773. The number of benzene rings is 1. The van der Waals surface area contributed by atoms with E-state index < -0.39 is 0 Å². The molecule has 0 bridgehead atoms. The maximum absolute atomic E-state index is 12.1. The summed E-state index contributed by atoms with van der Waals surface area (Å²) in [6.07, 6.45) is 3.62. The van der Waals surface area contributed by atoms with Gasteiger partial charge < -0.3 is 10.2 Å². The predicted molar refractivity (Wildman–Crippen MR) is 91.1 cm³/mol. The van der Waals surface area contributed by atoms with Gasteiger partial charge in [0.25, 0.3) is 5.91 Å². The highest BCUT2D eigenvalue weighted by Crippen LogP contribution is 2.08. The largest absolute Gasteiger partial charge is 0.361 e. The van der Waals surface area contributed by atoms with E-state index in [1.807, 2.05) is 55.5 Å². The molecule has 0 radical (unpaired) electrons. The van der Waals surface area contributed by atoms with Crippen LogP contribution in [0.2, 0.25) is 0 Å². The van der Waals surface area contributed by atoms with E-state index in [-0.39, 0.29) is 11.6 Å². The number of amides is 1. The lowest BCUT2D eigenvalue weighted by Gasteiger charge is -2.09. The Balaban J connectivity index is 1.61. The van der Waals surface area contributed by atoms with E-state index in [1.165, 1.54) is 0 Å². The fourth-order valence-corrected chi connectivity index (χ4v) is 2.13. The molecule has 122 valence electrons. The topological polar surface area (TPSA) is 75.9 Å². The molecule has 3 rings (SSSR count). The third kappa shape index (κ3) is 3.57. The summed E-state index contributed by atoms with van der Waals surface area (Å²) < 4.78 is 1.77. The lowest BCUT2D eigenvalue weighted by atomic mass is 10.3. The Kier molecular flexibility index (Phi) is 4.51. The Labute approximate surface area is 139 Å². The first-order chi connectivity index (χ1) is 11.6. The van der Waals surface area contributed by atoms with Crippen molar-refractivity contribution in [2.24, 2.45) is 0 Å². The van der Waals surface area contributed by atoms with Gasteiger partial charge in [-0.1, -0.05) is 18.2 Å². The number of carbonyl (C=O) groups excluding carboxylic acids is 1. The minimum atomic E-state index is -0.264. The van der Waals surface area contributed by atoms with Crippen LogP contribution < -0.4 is 10.2 Å². The number of anilines is 1. The summed E-state index contributed by atoms with van der Waals surface area (Å²) in [5.41, 5.74) is 2.17. The van der Waals surface area contributed by atoms with Gasteiger partial charge in [0.05, 0.1) is 11.9 Å². The van der Waals surface area contributed by atoms with Crippen LogP contribution in [0.3, 0.4) is 0 Å². The SMILES string of the molecule is CN(C)c1ccc(C(=O)NCc2cnn(-c3ccccc3)c2)nn1. The smallest absolute Gasteiger partial charge is 0.272 e. The zero-order valence-corrected chi connectivity index (χ0v) is 13.5. The van der Waals surface area contributed by atoms with Crippen LogP contribution in [0.25, 0.3) is 5.69 Å². The molecule has 7 nitrogen and oxygen atoms in total. The van der Waals surface area contributed by atoms with Crippen molar-refractivity contribution in [1.82, 2.24) is 25.3 Å². The minimum absolute atomic E-state index is 0.264. The van der Waals surface area contributed by atoms with Crippen LogP contribution in [-0.4, -0.2) is 40.0 Å². The predicted octanol–water partition coefficient (Wildman–Crippen LogP) is 1.66. The first-order valence-electron chi connectivity index (χ1n) is 7.52. The van der Waals surface area contributed by atoms with Crippen LogP contribution in [0.4, 0.5) is 5.82 Å². The number of rotatable bonds is 5. The van der Waals surface area contributed by atoms with Gasteiger partial charge in [-0.25, -0.2) is 4.68 Å². The molecule has 1 N–H and O–H groups in total. The van der Waals surface area contributed by atoms with E-state index in [0.29, 0.717) is 12.4 Å². The molecular weight excluding hydrogens is 304 g/mol. The molecule has 0 fully saturated rings. The van der Waals surface area contributed by atoms with Crippen molar-refractivity contribution in [1.29, 1.82) is 0 Å². The first kappa shape index (κ1) is 15.7. The summed E-state index contributed by atoms with van der Waals surface area (Å²) in [7, 11) is 3.74. The normalized spacial score (nSPS) is 10.4. The van der Waals surface area contributed by atoms with Crippen molar-refractivity contribution in [3.05, 3.63) is 66.1 Å². The van der Waals surface area contributed by atoms with Crippen molar-refractivity contribution < 1.29 is 4.79 Å². The Hall–Kier alpha value is -3.22. The molecule has 0 saturated heterocycles. The van der Waals surface area contributed by atoms with Crippen LogP contribution in [0.1, 0.15) is 16.1 Å². The van der Waals surface area contributed by atoms with Gasteiger partial charge in [0.2, 0.25) is 0 Å². The number of para-hydroxylation sites is 1. The van der Waals surface area contributed by atoms with Gasteiger partial charge in [-0.15, -0.1) is 10.2 Å². The maximum atomic E-state index is 12.1. The Morgan fingerprint density at radius 3 is 2.58 bits per heavy atom. The van der Waals surface area contributed by atoms with E-state index in [9.17, 15) is 4.79 Å². The summed E-state index contributed by atoms with van der Waals surface area (Å²) in [6.45, 7) is 0.378. The van der Waals surface area contributed by atoms with Crippen molar-refractivity contribution in [3.8, 4) is 5.69 Å². The van der Waals surface area contributed by atoms with Crippen LogP contribution in [-0.2, 0) is 6.54 Å².